The quantitative estimate of drug-likeness (QED) is 0.847. The van der Waals surface area contributed by atoms with Gasteiger partial charge in [-0.15, -0.1) is 0 Å². The number of para-hydroxylation sites is 1. The van der Waals surface area contributed by atoms with Crippen LogP contribution in [-0.4, -0.2) is 48.5 Å². The lowest BCUT2D eigenvalue weighted by atomic mass is 10.3. The molecular formula is C17H20N2O3. The Morgan fingerprint density at radius 1 is 1.05 bits per heavy atom. The molecule has 1 amide bonds. The van der Waals surface area contributed by atoms with Crippen LogP contribution in [0.2, 0.25) is 0 Å². The second-order valence-electron chi connectivity index (χ2n) is 5.34. The van der Waals surface area contributed by atoms with Crippen LogP contribution in [0.1, 0.15) is 5.76 Å². The zero-order chi connectivity index (χ0) is 15.2. The Bertz CT molecular complexity index is 575. The summed E-state index contributed by atoms with van der Waals surface area (Å²) >= 11 is 0. The molecule has 5 nitrogen and oxygen atoms in total. The topological polar surface area (TPSA) is 45.9 Å². The fraction of sp³-hybridized carbons (Fsp3) is 0.353. The van der Waals surface area contributed by atoms with E-state index in [-0.39, 0.29) is 12.5 Å². The Morgan fingerprint density at radius 2 is 1.82 bits per heavy atom. The van der Waals surface area contributed by atoms with Crippen LogP contribution in [-0.2, 0) is 11.3 Å². The van der Waals surface area contributed by atoms with Crippen molar-refractivity contribution < 1.29 is 13.9 Å². The predicted molar refractivity (Wildman–Crippen MR) is 82.5 cm³/mol. The third-order valence-corrected chi connectivity index (χ3v) is 3.79. The van der Waals surface area contributed by atoms with Gasteiger partial charge in [-0.25, -0.2) is 0 Å². The molecule has 0 aliphatic carbocycles. The average molecular weight is 300 g/mol. The number of carbonyl (C=O) groups excluding carboxylic acids is 1. The summed E-state index contributed by atoms with van der Waals surface area (Å²) in [6, 6.07) is 13.3. The van der Waals surface area contributed by atoms with Gasteiger partial charge in [0.25, 0.3) is 5.91 Å². The van der Waals surface area contributed by atoms with Gasteiger partial charge in [0.2, 0.25) is 0 Å². The zero-order valence-corrected chi connectivity index (χ0v) is 12.5. The molecule has 22 heavy (non-hydrogen) atoms. The molecule has 2 aromatic rings. The number of nitrogens with zero attached hydrogens (tertiary/aromatic N) is 2. The van der Waals surface area contributed by atoms with Crippen LogP contribution >= 0.6 is 0 Å². The number of piperazine rings is 1. The first-order chi connectivity index (χ1) is 10.8. The van der Waals surface area contributed by atoms with E-state index in [2.05, 4.69) is 4.90 Å². The molecule has 1 aliphatic heterocycles. The Balaban J connectivity index is 1.42. The third kappa shape index (κ3) is 3.89. The van der Waals surface area contributed by atoms with E-state index in [1.165, 1.54) is 0 Å². The molecule has 0 bridgehead atoms. The van der Waals surface area contributed by atoms with Gasteiger partial charge in [0.1, 0.15) is 11.5 Å². The first-order valence-corrected chi connectivity index (χ1v) is 7.51. The summed E-state index contributed by atoms with van der Waals surface area (Å²) < 4.78 is 10.9. The maximum Gasteiger partial charge on any atom is 0.260 e. The minimum Gasteiger partial charge on any atom is -0.484 e. The van der Waals surface area contributed by atoms with E-state index in [4.69, 9.17) is 9.15 Å². The first kappa shape index (κ1) is 14.7. The fourth-order valence-corrected chi connectivity index (χ4v) is 2.53. The van der Waals surface area contributed by atoms with Gasteiger partial charge >= 0.3 is 0 Å². The molecular weight excluding hydrogens is 280 g/mol. The van der Waals surface area contributed by atoms with Crippen LogP contribution in [0.15, 0.2) is 53.1 Å². The van der Waals surface area contributed by atoms with Crippen molar-refractivity contribution in [3.05, 3.63) is 54.5 Å². The van der Waals surface area contributed by atoms with E-state index >= 15 is 0 Å². The first-order valence-electron chi connectivity index (χ1n) is 7.51. The van der Waals surface area contributed by atoms with Crippen LogP contribution < -0.4 is 4.74 Å². The number of rotatable bonds is 5. The molecule has 1 aromatic heterocycles. The summed E-state index contributed by atoms with van der Waals surface area (Å²) in [4.78, 5) is 16.3. The second kappa shape index (κ2) is 7.13. The monoisotopic (exact) mass is 300 g/mol. The van der Waals surface area contributed by atoms with Crippen molar-refractivity contribution in [2.24, 2.45) is 0 Å². The molecule has 5 heteroatoms. The summed E-state index contributed by atoms with van der Waals surface area (Å²) in [5.41, 5.74) is 0. The number of amides is 1. The van der Waals surface area contributed by atoms with Gasteiger partial charge in [-0.05, 0) is 24.3 Å². The maximum atomic E-state index is 12.2. The SMILES string of the molecule is O=C(COc1ccccc1)N1CCN(Cc2ccco2)CC1. The Labute approximate surface area is 130 Å². The fourth-order valence-electron chi connectivity index (χ4n) is 2.53. The minimum atomic E-state index is 0.0431. The summed E-state index contributed by atoms with van der Waals surface area (Å²) in [6.45, 7) is 4.09. The summed E-state index contributed by atoms with van der Waals surface area (Å²) in [7, 11) is 0. The molecule has 116 valence electrons. The molecule has 0 radical (unpaired) electrons. The number of carbonyl (C=O) groups is 1. The molecule has 0 saturated carbocycles. The van der Waals surface area contributed by atoms with Crippen molar-refractivity contribution in [3.63, 3.8) is 0 Å². The summed E-state index contributed by atoms with van der Waals surface area (Å²) in [6.07, 6.45) is 1.69. The van der Waals surface area contributed by atoms with E-state index in [1.54, 1.807) is 6.26 Å². The van der Waals surface area contributed by atoms with E-state index in [0.717, 1.165) is 44.2 Å². The van der Waals surface area contributed by atoms with Crippen LogP contribution in [0.5, 0.6) is 5.75 Å². The smallest absolute Gasteiger partial charge is 0.260 e. The molecule has 0 spiro atoms. The molecule has 1 aliphatic rings. The van der Waals surface area contributed by atoms with E-state index < -0.39 is 0 Å². The Kier molecular flexibility index (Phi) is 4.75. The van der Waals surface area contributed by atoms with Crippen LogP contribution in [0.25, 0.3) is 0 Å². The minimum absolute atomic E-state index is 0.0431. The second-order valence-corrected chi connectivity index (χ2v) is 5.34. The molecule has 2 heterocycles. The van der Waals surface area contributed by atoms with E-state index in [0.29, 0.717) is 0 Å². The molecule has 1 aromatic carbocycles. The van der Waals surface area contributed by atoms with Crippen molar-refractivity contribution in [3.8, 4) is 5.75 Å². The molecule has 0 N–H and O–H groups in total. The Morgan fingerprint density at radius 3 is 2.50 bits per heavy atom. The maximum absolute atomic E-state index is 12.2. The standard InChI is InChI=1S/C17H20N2O3/c20-17(14-22-15-5-2-1-3-6-15)19-10-8-18(9-11-19)13-16-7-4-12-21-16/h1-7,12H,8-11,13-14H2. The lowest BCUT2D eigenvalue weighted by molar-refractivity contribution is -0.135. The third-order valence-electron chi connectivity index (χ3n) is 3.79. The van der Waals surface area contributed by atoms with E-state index in [9.17, 15) is 4.79 Å². The van der Waals surface area contributed by atoms with Gasteiger partial charge in [0, 0.05) is 26.2 Å². The van der Waals surface area contributed by atoms with Crippen molar-refractivity contribution >= 4 is 5.91 Å². The van der Waals surface area contributed by atoms with Crippen molar-refractivity contribution in [2.75, 3.05) is 32.8 Å². The van der Waals surface area contributed by atoms with Gasteiger partial charge in [-0.2, -0.15) is 0 Å². The Hall–Kier alpha value is -2.27. The van der Waals surface area contributed by atoms with Crippen molar-refractivity contribution in [2.45, 2.75) is 6.54 Å². The lowest BCUT2D eigenvalue weighted by Crippen LogP contribution is -2.49. The summed E-state index contributed by atoms with van der Waals surface area (Å²) in [5.74, 6) is 1.74. The normalized spacial score (nSPS) is 15.7. The van der Waals surface area contributed by atoms with Gasteiger partial charge < -0.3 is 14.1 Å². The molecule has 1 fully saturated rings. The number of ether oxygens (including phenoxy) is 1. The molecule has 3 rings (SSSR count). The number of benzene rings is 1. The van der Waals surface area contributed by atoms with Crippen LogP contribution in [0, 0.1) is 0 Å². The van der Waals surface area contributed by atoms with Crippen molar-refractivity contribution in [1.29, 1.82) is 0 Å². The zero-order valence-electron chi connectivity index (χ0n) is 12.5. The number of hydrogen-bond acceptors (Lipinski definition) is 4. The highest BCUT2D eigenvalue weighted by Gasteiger charge is 2.21. The highest BCUT2D eigenvalue weighted by atomic mass is 16.5. The molecule has 0 unspecified atom stereocenters. The largest absolute Gasteiger partial charge is 0.484 e. The molecule has 0 atom stereocenters. The van der Waals surface area contributed by atoms with Crippen molar-refractivity contribution in [1.82, 2.24) is 9.80 Å². The van der Waals surface area contributed by atoms with Crippen LogP contribution in [0.4, 0.5) is 0 Å². The van der Waals surface area contributed by atoms with Gasteiger partial charge in [-0.3, -0.25) is 9.69 Å². The molecule has 1 saturated heterocycles. The lowest BCUT2D eigenvalue weighted by Gasteiger charge is -2.34. The number of furan rings is 1. The van der Waals surface area contributed by atoms with Gasteiger partial charge in [-0.1, -0.05) is 18.2 Å². The predicted octanol–water partition coefficient (Wildman–Crippen LogP) is 2.00. The van der Waals surface area contributed by atoms with Gasteiger partial charge in [0.15, 0.2) is 6.61 Å². The number of hydrogen-bond donors (Lipinski definition) is 0. The van der Waals surface area contributed by atoms with Gasteiger partial charge in [0.05, 0.1) is 12.8 Å². The average Bonchev–Trinajstić information content (AvgIpc) is 3.07. The van der Waals surface area contributed by atoms with E-state index in [1.807, 2.05) is 47.4 Å². The highest BCUT2D eigenvalue weighted by Crippen LogP contribution is 2.11. The summed E-state index contributed by atoms with van der Waals surface area (Å²) in [5, 5.41) is 0. The highest BCUT2D eigenvalue weighted by molar-refractivity contribution is 5.77. The van der Waals surface area contributed by atoms with Crippen LogP contribution in [0.3, 0.4) is 0 Å².